The molecular weight excluding hydrogens is 270 g/mol. The number of nitrogens with zero attached hydrogens (tertiary/aromatic N) is 1. The number of hydrogen-bond acceptors (Lipinski definition) is 5. The van der Waals surface area contributed by atoms with Crippen molar-refractivity contribution in [3.05, 3.63) is 0 Å². The maximum absolute atomic E-state index is 12.6. The summed E-state index contributed by atoms with van der Waals surface area (Å²) in [4.78, 5) is 14.4. The fraction of sp³-hybridized carbons (Fsp3) is 0.833. The number of carbonyl (C=O) groups is 1. The lowest BCUT2D eigenvalue weighted by Gasteiger charge is -2.39. The topological polar surface area (TPSA) is 38.8 Å². The van der Waals surface area contributed by atoms with E-state index in [1.165, 1.54) is 0 Å². The van der Waals surface area contributed by atoms with Crippen LogP contribution in [0, 0.1) is 5.92 Å². The first kappa shape index (κ1) is 12.8. The molecule has 6 heteroatoms. The van der Waals surface area contributed by atoms with Crippen LogP contribution in [0.4, 0.5) is 0 Å². The molecule has 2 heterocycles. The second-order valence-corrected chi connectivity index (χ2v) is 6.64. The van der Waals surface area contributed by atoms with Gasteiger partial charge in [-0.2, -0.15) is 0 Å². The summed E-state index contributed by atoms with van der Waals surface area (Å²) in [5.74, 6) is 0.182. The molecule has 0 bridgehead atoms. The predicted octanol–water partition coefficient (Wildman–Crippen LogP) is 1.78. The molecule has 1 atom stereocenters. The summed E-state index contributed by atoms with van der Waals surface area (Å²) < 4.78 is 12.3. The number of rotatable bonds is 1. The molecule has 3 rings (SSSR count). The number of thiocarbonyl (C=S) groups is 1. The number of amides is 1. The monoisotopic (exact) mass is 287 g/mol. The Kier molecular flexibility index (Phi) is 3.62. The molecule has 0 aromatic heterocycles. The lowest BCUT2D eigenvalue weighted by Crippen LogP contribution is -2.51. The molecule has 1 amide bonds. The smallest absolute Gasteiger partial charge is 0.236 e. The van der Waals surface area contributed by atoms with Gasteiger partial charge in [0, 0.05) is 18.7 Å². The van der Waals surface area contributed by atoms with E-state index in [1.54, 1.807) is 16.7 Å². The maximum Gasteiger partial charge on any atom is 0.236 e. The van der Waals surface area contributed by atoms with Gasteiger partial charge in [0.1, 0.15) is 4.32 Å². The fourth-order valence-corrected chi connectivity index (χ4v) is 4.24. The lowest BCUT2D eigenvalue weighted by molar-refractivity contribution is -0.214. The van der Waals surface area contributed by atoms with E-state index in [0.29, 0.717) is 17.5 Å². The van der Waals surface area contributed by atoms with Gasteiger partial charge in [-0.15, -0.1) is 0 Å². The van der Waals surface area contributed by atoms with Crippen LogP contribution in [0.1, 0.15) is 25.7 Å². The molecular formula is C12H17NO3S2. The summed E-state index contributed by atoms with van der Waals surface area (Å²) in [6, 6.07) is 0. The Morgan fingerprint density at radius 3 is 2.83 bits per heavy atom. The zero-order valence-corrected chi connectivity index (χ0v) is 11.9. The average Bonchev–Trinajstić information content (AvgIpc) is 2.99. The van der Waals surface area contributed by atoms with Crippen molar-refractivity contribution < 1.29 is 14.3 Å². The molecule has 1 aliphatic carbocycles. The Hall–Kier alpha value is -0.170. The Bertz CT molecular complexity index is 368. The van der Waals surface area contributed by atoms with Crippen LogP contribution in [0.5, 0.6) is 0 Å². The van der Waals surface area contributed by atoms with Gasteiger partial charge in [0.2, 0.25) is 5.91 Å². The molecule has 1 saturated carbocycles. The van der Waals surface area contributed by atoms with Crippen LogP contribution in [0.2, 0.25) is 0 Å². The number of thioether (sulfide) groups is 1. The largest absolute Gasteiger partial charge is 0.347 e. The predicted molar refractivity (Wildman–Crippen MR) is 73.4 cm³/mol. The van der Waals surface area contributed by atoms with Crippen molar-refractivity contribution >= 4 is 34.2 Å². The first-order chi connectivity index (χ1) is 8.73. The van der Waals surface area contributed by atoms with Gasteiger partial charge in [0.25, 0.3) is 0 Å². The zero-order chi connectivity index (χ0) is 12.6. The second-order valence-electron chi connectivity index (χ2n) is 4.91. The van der Waals surface area contributed by atoms with E-state index >= 15 is 0 Å². The van der Waals surface area contributed by atoms with Gasteiger partial charge < -0.3 is 9.47 Å². The van der Waals surface area contributed by atoms with Crippen LogP contribution in [-0.4, -0.2) is 46.4 Å². The van der Waals surface area contributed by atoms with Crippen LogP contribution in [0.15, 0.2) is 0 Å². The average molecular weight is 287 g/mol. The van der Waals surface area contributed by atoms with Gasteiger partial charge in [-0.1, -0.05) is 30.4 Å². The second kappa shape index (κ2) is 5.07. The molecule has 18 heavy (non-hydrogen) atoms. The molecule has 0 N–H and O–H groups in total. The summed E-state index contributed by atoms with van der Waals surface area (Å²) >= 11 is 6.82. The van der Waals surface area contributed by atoms with Crippen molar-refractivity contribution in [2.45, 2.75) is 31.5 Å². The Balaban J connectivity index is 1.80. The highest BCUT2D eigenvalue weighted by atomic mass is 32.2. The summed E-state index contributed by atoms with van der Waals surface area (Å²) in [5.41, 5.74) is 0. The van der Waals surface area contributed by atoms with Gasteiger partial charge in [-0.3, -0.25) is 9.69 Å². The molecule has 3 aliphatic rings. The fourth-order valence-electron chi connectivity index (χ4n) is 3.02. The number of hydrogen-bond donors (Lipinski definition) is 0. The van der Waals surface area contributed by atoms with E-state index in [4.69, 9.17) is 21.7 Å². The van der Waals surface area contributed by atoms with E-state index in [0.717, 1.165) is 38.0 Å². The summed E-state index contributed by atoms with van der Waals surface area (Å²) in [5, 5.41) is 0. The molecule has 0 aromatic carbocycles. The van der Waals surface area contributed by atoms with Crippen LogP contribution >= 0.6 is 24.0 Å². The van der Waals surface area contributed by atoms with Gasteiger partial charge in [0.15, 0.2) is 5.79 Å². The minimum Gasteiger partial charge on any atom is -0.347 e. The first-order valence-electron chi connectivity index (χ1n) is 6.49. The summed E-state index contributed by atoms with van der Waals surface area (Å²) in [6.45, 7) is 1.93. The van der Waals surface area contributed by atoms with Crippen molar-refractivity contribution in [1.29, 1.82) is 0 Å². The van der Waals surface area contributed by atoms with Gasteiger partial charge in [-0.25, -0.2) is 0 Å². The normalized spacial score (nSPS) is 31.2. The highest BCUT2D eigenvalue weighted by Crippen LogP contribution is 2.42. The number of carbonyl (C=O) groups excluding carboxylic acids is 1. The zero-order valence-electron chi connectivity index (χ0n) is 10.2. The molecule has 0 aromatic rings. The van der Waals surface area contributed by atoms with Crippen molar-refractivity contribution in [3.8, 4) is 0 Å². The van der Waals surface area contributed by atoms with E-state index in [-0.39, 0.29) is 11.8 Å². The van der Waals surface area contributed by atoms with E-state index < -0.39 is 5.79 Å². The molecule has 4 nitrogen and oxygen atoms in total. The van der Waals surface area contributed by atoms with Crippen LogP contribution in [0.25, 0.3) is 0 Å². The molecule has 2 aliphatic heterocycles. The third-order valence-electron chi connectivity index (χ3n) is 3.90. The standard InChI is InChI=1S/C12H17NO3S2/c14-10(13-5-8-18-11(13)17)9-3-1-2-4-12(9)15-6-7-16-12/h9H,1-8H2. The van der Waals surface area contributed by atoms with E-state index in [1.807, 2.05) is 0 Å². The molecule has 2 saturated heterocycles. The van der Waals surface area contributed by atoms with Crippen molar-refractivity contribution in [3.63, 3.8) is 0 Å². The first-order valence-corrected chi connectivity index (χ1v) is 7.88. The molecule has 1 unspecified atom stereocenters. The summed E-state index contributed by atoms with van der Waals surface area (Å²) in [6.07, 6.45) is 3.82. The Morgan fingerprint density at radius 2 is 2.17 bits per heavy atom. The SMILES string of the molecule is O=C(C1CCCCC12OCCO2)N1CCSC1=S. The quantitative estimate of drug-likeness (QED) is 0.687. The maximum atomic E-state index is 12.6. The molecule has 100 valence electrons. The van der Waals surface area contributed by atoms with Crippen LogP contribution < -0.4 is 0 Å². The highest BCUT2D eigenvalue weighted by Gasteiger charge is 2.51. The highest BCUT2D eigenvalue weighted by molar-refractivity contribution is 8.23. The van der Waals surface area contributed by atoms with Gasteiger partial charge in [-0.05, 0) is 12.8 Å². The summed E-state index contributed by atoms with van der Waals surface area (Å²) in [7, 11) is 0. The van der Waals surface area contributed by atoms with E-state index in [9.17, 15) is 4.79 Å². The third kappa shape index (κ3) is 2.09. The Morgan fingerprint density at radius 1 is 1.39 bits per heavy atom. The minimum atomic E-state index is -0.655. The lowest BCUT2D eigenvalue weighted by atomic mass is 9.82. The van der Waals surface area contributed by atoms with Crippen LogP contribution in [-0.2, 0) is 14.3 Å². The van der Waals surface area contributed by atoms with Crippen molar-refractivity contribution in [2.24, 2.45) is 5.92 Å². The van der Waals surface area contributed by atoms with E-state index in [2.05, 4.69) is 0 Å². The van der Waals surface area contributed by atoms with Crippen molar-refractivity contribution in [1.82, 2.24) is 4.90 Å². The van der Waals surface area contributed by atoms with Crippen molar-refractivity contribution in [2.75, 3.05) is 25.5 Å². The third-order valence-corrected chi connectivity index (χ3v) is 5.33. The minimum absolute atomic E-state index is 0.103. The molecule has 1 spiro atoms. The molecule has 0 radical (unpaired) electrons. The van der Waals surface area contributed by atoms with Gasteiger partial charge in [0.05, 0.1) is 19.1 Å². The van der Waals surface area contributed by atoms with Gasteiger partial charge >= 0.3 is 0 Å². The Labute approximate surface area is 116 Å². The molecule has 3 fully saturated rings. The van der Waals surface area contributed by atoms with Crippen LogP contribution in [0.3, 0.4) is 0 Å². The number of ether oxygens (including phenoxy) is 2.